The Morgan fingerprint density at radius 2 is 2.56 bits per heavy atom. The van der Waals surface area contributed by atoms with Gasteiger partial charge >= 0.3 is 0 Å². The molecule has 1 heterocycles. The molecule has 0 saturated carbocycles. The van der Waals surface area contributed by atoms with Crippen LogP contribution in [-0.4, -0.2) is 11.2 Å². The fraction of sp³-hybridized carbons (Fsp3) is 0.429. The van der Waals surface area contributed by atoms with Crippen molar-refractivity contribution < 1.29 is 9.52 Å². The minimum Gasteiger partial charge on any atom is -0.472 e. The lowest BCUT2D eigenvalue weighted by atomic mass is 10.2. The first-order chi connectivity index (χ1) is 4.29. The summed E-state index contributed by atoms with van der Waals surface area (Å²) in [6, 6.07) is 1.85. The number of aliphatic hydroxyl groups excluding tert-OH is 1. The summed E-state index contributed by atoms with van der Waals surface area (Å²) in [4.78, 5) is 0. The molecule has 0 aromatic carbocycles. The van der Waals surface area contributed by atoms with Gasteiger partial charge in [-0.05, 0) is 18.6 Å². The average molecular weight is 126 g/mol. The van der Waals surface area contributed by atoms with Crippen molar-refractivity contribution in [1.82, 2.24) is 0 Å². The molecule has 1 aromatic rings. The lowest BCUT2D eigenvalue weighted by Crippen LogP contribution is -2.02. The van der Waals surface area contributed by atoms with E-state index in [1.54, 1.807) is 19.5 Å². The summed E-state index contributed by atoms with van der Waals surface area (Å²) in [6.45, 7) is 1.76. The predicted molar refractivity (Wildman–Crippen MR) is 34.1 cm³/mol. The monoisotopic (exact) mass is 126 g/mol. The topological polar surface area (TPSA) is 33.4 Å². The first kappa shape index (κ1) is 6.36. The van der Waals surface area contributed by atoms with Gasteiger partial charge in [0.15, 0.2) is 0 Å². The largest absolute Gasteiger partial charge is 0.472 e. The summed E-state index contributed by atoms with van der Waals surface area (Å²) < 4.78 is 4.80. The summed E-state index contributed by atoms with van der Waals surface area (Å²) in [5.41, 5.74) is 1.05. The smallest absolute Gasteiger partial charge is 0.0935 e. The summed E-state index contributed by atoms with van der Waals surface area (Å²) in [6.07, 6.45) is 3.66. The Labute approximate surface area is 54.1 Å². The molecule has 2 nitrogen and oxygen atoms in total. The van der Waals surface area contributed by atoms with Crippen LogP contribution in [0.5, 0.6) is 0 Å². The van der Waals surface area contributed by atoms with E-state index in [2.05, 4.69) is 0 Å². The molecule has 0 bridgehead atoms. The van der Waals surface area contributed by atoms with Crippen LogP contribution in [0.25, 0.3) is 0 Å². The maximum atomic E-state index is 8.88. The highest BCUT2D eigenvalue weighted by Gasteiger charge is 1.97. The molecular formula is C7H10O2. The van der Waals surface area contributed by atoms with Crippen LogP contribution >= 0.6 is 0 Å². The summed E-state index contributed by atoms with van der Waals surface area (Å²) in [7, 11) is 0. The van der Waals surface area contributed by atoms with Crippen molar-refractivity contribution >= 4 is 0 Å². The fourth-order valence-corrected chi connectivity index (χ4v) is 0.750. The van der Waals surface area contributed by atoms with Crippen molar-refractivity contribution in [2.24, 2.45) is 0 Å². The highest BCUT2D eigenvalue weighted by molar-refractivity contribution is 5.05. The van der Waals surface area contributed by atoms with E-state index in [1.807, 2.05) is 6.07 Å². The molecular weight excluding hydrogens is 116 g/mol. The lowest BCUT2D eigenvalue weighted by Gasteiger charge is -1.97. The third kappa shape index (κ3) is 1.90. The maximum Gasteiger partial charge on any atom is 0.0935 e. The van der Waals surface area contributed by atoms with Gasteiger partial charge in [0.1, 0.15) is 0 Å². The van der Waals surface area contributed by atoms with Crippen molar-refractivity contribution in [3.8, 4) is 0 Å². The third-order valence-corrected chi connectivity index (χ3v) is 1.11. The normalized spacial score (nSPS) is 13.6. The van der Waals surface area contributed by atoms with Gasteiger partial charge in [0.2, 0.25) is 0 Å². The Hall–Kier alpha value is -0.760. The van der Waals surface area contributed by atoms with Crippen LogP contribution < -0.4 is 0 Å². The molecule has 9 heavy (non-hydrogen) atoms. The molecule has 0 aliphatic carbocycles. The quantitative estimate of drug-likeness (QED) is 0.646. The molecule has 0 aliphatic rings. The van der Waals surface area contributed by atoms with Crippen molar-refractivity contribution in [3.05, 3.63) is 24.2 Å². The predicted octanol–water partition coefficient (Wildman–Crippen LogP) is 1.20. The Kier molecular flexibility index (Phi) is 1.90. The Morgan fingerprint density at radius 3 is 3.00 bits per heavy atom. The molecule has 0 saturated heterocycles. The molecule has 1 rings (SSSR count). The van der Waals surface area contributed by atoms with E-state index in [1.165, 1.54) is 0 Å². The van der Waals surface area contributed by atoms with Crippen molar-refractivity contribution in [2.45, 2.75) is 19.4 Å². The van der Waals surface area contributed by atoms with E-state index in [9.17, 15) is 0 Å². The van der Waals surface area contributed by atoms with Crippen LogP contribution in [0.3, 0.4) is 0 Å². The Morgan fingerprint density at radius 1 is 1.78 bits per heavy atom. The molecule has 1 atom stereocenters. The van der Waals surface area contributed by atoms with Gasteiger partial charge in [-0.1, -0.05) is 0 Å². The number of aliphatic hydroxyl groups is 1. The van der Waals surface area contributed by atoms with Gasteiger partial charge in [-0.25, -0.2) is 0 Å². The van der Waals surface area contributed by atoms with Gasteiger partial charge in [-0.3, -0.25) is 0 Å². The Balaban J connectivity index is 2.48. The molecule has 1 N–H and O–H groups in total. The van der Waals surface area contributed by atoms with Gasteiger partial charge in [0.05, 0.1) is 18.6 Å². The zero-order valence-corrected chi connectivity index (χ0v) is 5.37. The van der Waals surface area contributed by atoms with E-state index in [0.717, 1.165) is 5.56 Å². The van der Waals surface area contributed by atoms with Crippen LogP contribution in [0.2, 0.25) is 0 Å². The molecule has 0 radical (unpaired) electrons. The zero-order valence-electron chi connectivity index (χ0n) is 5.37. The number of hydrogen-bond acceptors (Lipinski definition) is 2. The van der Waals surface area contributed by atoms with Crippen LogP contribution in [0.1, 0.15) is 12.5 Å². The maximum absolute atomic E-state index is 8.88. The Bertz CT molecular complexity index is 153. The second kappa shape index (κ2) is 2.69. The van der Waals surface area contributed by atoms with E-state index in [-0.39, 0.29) is 6.10 Å². The molecule has 0 unspecified atom stereocenters. The second-order valence-corrected chi connectivity index (χ2v) is 2.18. The molecule has 0 aliphatic heterocycles. The second-order valence-electron chi connectivity index (χ2n) is 2.18. The van der Waals surface area contributed by atoms with Crippen molar-refractivity contribution in [2.75, 3.05) is 0 Å². The van der Waals surface area contributed by atoms with Crippen molar-refractivity contribution in [1.29, 1.82) is 0 Å². The third-order valence-electron chi connectivity index (χ3n) is 1.11. The first-order valence-electron chi connectivity index (χ1n) is 2.98. The summed E-state index contributed by atoms with van der Waals surface area (Å²) in [5, 5.41) is 8.88. The standard InChI is InChI=1S/C7H10O2/c1-6(8)4-7-2-3-9-5-7/h2-3,5-6,8H,4H2,1H3/t6-/m0/s1. The van der Waals surface area contributed by atoms with E-state index in [4.69, 9.17) is 9.52 Å². The first-order valence-corrected chi connectivity index (χ1v) is 2.98. The van der Waals surface area contributed by atoms with Gasteiger partial charge in [0.25, 0.3) is 0 Å². The molecule has 2 heteroatoms. The number of rotatable bonds is 2. The minimum atomic E-state index is -0.275. The molecule has 0 amide bonds. The van der Waals surface area contributed by atoms with E-state index < -0.39 is 0 Å². The molecule has 0 fully saturated rings. The summed E-state index contributed by atoms with van der Waals surface area (Å²) >= 11 is 0. The average Bonchev–Trinajstić information content (AvgIpc) is 2.15. The number of furan rings is 1. The molecule has 50 valence electrons. The van der Waals surface area contributed by atoms with Crippen LogP contribution in [0.4, 0.5) is 0 Å². The van der Waals surface area contributed by atoms with E-state index in [0.29, 0.717) is 6.42 Å². The summed E-state index contributed by atoms with van der Waals surface area (Å²) in [5.74, 6) is 0. The highest BCUT2D eigenvalue weighted by Crippen LogP contribution is 2.02. The fourth-order valence-electron chi connectivity index (χ4n) is 0.750. The number of hydrogen-bond donors (Lipinski definition) is 1. The van der Waals surface area contributed by atoms with Gasteiger partial charge in [-0.2, -0.15) is 0 Å². The van der Waals surface area contributed by atoms with Gasteiger partial charge in [0, 0.05) is 6.42 Å². The zero-order chi connectivity index (χ0) is 6.69. The van der Waals surface area contributed by atoms with Crippen LogP contribution in [0, 0.1) is 0 Å². The van der Waals surface area contributed by atoms with E-state index >= 15 is 0 Å². The molecule has 1 aromatic heterocycles. The van der Waals surface area contributed by atoms with Crippen LogP contribution in [0.15, 0.2) is 23.0 Å². The minimum absolute atomic E-state index is 0.275. The van der Waals surface area contributed by atoms with Gasteiger partial charge in [-0.15, -0.1) is 0 Å². The van der Waals surface area contributed by atoms with Gasteiger partial charge < -0.3 is 9.52 Å². The highest BCUT2D eigenvalue weighted by atomic mass is 16.3. The lowest BCUT2D eigenvalue weighted by molar-refractivity contribution is 0.195. The van der Waals surface area contributed by atoms with Crippen molar-refractivity contribution in [3.63, 3.8) is 0 Å². The SMILES string of the molecule is C[C@H](O)Cc1ccoc1. The molecule has 0 spiro atoms. The van der Waals surface area contributed by atoms with Crippen LogP contribution in [-0.2, 0) is 6.42 Å².